The molecule has 0 saturated heterocycles. The van der Waals surface area contributed by atoms with Gasteiger partial charge in [0.05, 0.1) is 6.10 Å². The predicted octanol–water partition coefficient (Wildman–Crippen LogP) is 6.13. The van der Waals surface area contributed by atoms with Crippen LogP contribution in [0, 0.1) is 0 Å². The van der Waals surface area contributed by atoms with E-state index in [2.05, 4.69) is 5.32 Å². The van der Waals surface area contributed by atoms with Gasteiger partial charge >= 0.3 is 6.18 Å². The summed E-state index contributed by atoms with van der Waals surface area (Å²) in [5.41, 5.74) is 0.927. The molecule has 2 aromatic carbocycles. The van der Waals surface area contributed by atoms with Crippen LogP contribution in [0.1, 0.15) is 57.4 Å². The summed E-state index contributed by atoms with van der Waals surface area (Å²) in [5, 5.41) is 12.1. The van der Waals surface area contributed by atoms with Crippen molar-refractivity contribution >= 4 is 0 Å². The van der Waals surface area contributed by atoms with Crippen molar-refractivity contribution in [2.24, 2.45) is 0 Å². The van der Waals surface area contributed by atoms with Crippen molar-refractivity contribution in [1.29, 1.82) is 0 Å². The molecular weight excluding hydrogens is 370 g/mol. The van der Waals surface area contributed by atoms with Crippen molar-refractivity contribution in [3.05, 3.63) is 59.7 Å². The number of hydrogen-bond donors (Lipinski definition) is 2. The minimum absolute atomic E-state index is 0.0205. The lowest BCUT2D eigenvalue weighted by atomic mass is 9.97. The molecule has 2 aromatic rings. The van der Waals surface area contributed by atoms with Crippen molar-refractivity contribution in [3.63, 3.8) is 0 Å². The Hall–Kier alpha value is -1.92. The summed E-state index contributed by atoms with van der Waals surface area (Å²) >= 11 is 0. The van der Waals surface area contributed by atoms with Crippen molar-refractivity contribution in [1.82, 2.24) is 5.32 Å². The van der Waals surface area contributed by atoms with Gasteiger partial charge in [-0.05, 0) is 56.4 Å². The molecule has 0 saturated carbocycles. The van der Waals surface area contributed by atoms with Crippen LogP contribution >= 0.6 is 0 Å². The average molecular weight is 397 g/mol. The van der Waals surface area contributed by atoms with E-state index in [0.29, 0.717) is 0 Å². The maximum atomic E-state index is 13.8. The zero-order valence-electron chi connectivity index (χ0n) is 16.5. The minimum Gasteiger partial charge on any atom is -0.389 e. The van der Waals surface area contributed by atoms with E-state index in [1.165, 1.54) is 26.0 Å². The highest BCUT2D eigenvalue weighted by Gasteiger charge is 2.41. The molecular formula is C22H27F4NO. The van der Waals surface area contributed by atoms with Crippen LogP contribution in [0.2, 0.25) is 0 Å². The molecule has 2 N–H and O–H groups in total. The molecule has 3 atom stereocenters. The fraction of sp³-hybridized carbons (Fsp3) is 0.455. The second kappa shape index (κ2) is 8.62. The van der Waals surface area contributed by atoms with Crippen LogP contribution in [0.3, 0.4) is 0 Å². The molecule has 154 valence electrons. The van der Waals surface area contributed by atoms with E-state index in [4.69, 9.17) is 0 Å². The first kappa shape index (κ1) is 22.4. The molecule has 0 aliphatic rings. The molecule has 0 radical (unpaired) electrons. The van der Waals surface area contributed by atoms with Crippen molar-refractivity contribution < 1.29 is 22.7 Å². The van der Waals surface area contributed by atoms with E-state index in [0.717, 1.165) is 16.7 Å². The Morgan fingerprint density at radius 1 is 0.821 bits per heavy atom. The quantitative estimate of drug-likeness (QED) is 0.551. The standard InChI is InChI=1S/C22H27F4NO/c1-14(13-21(3,4)23)27-20(22(24,25)26)19-11-9-18(10-12-19)17-7-5-16(6-8-17)15(2)28/h5-12,14-15,20,27-28H,13H2,1-4H3. The molecule has 2 rings (SSSR count). The molecule has 0 fully saturated rings. The van der Waals surface area contributed by atoms with E-state index in [1.54, 1.807) is 38.1 Å². The summed E-state index contributed by atoms with van der Waals surface area (Å²) in [6.07, 6.45) is -5.09. The maximum Gasteiger partial charge on any atom is 0.407 e. The van der Waals surface area contributed by atoms with Crippen LogP contribution in [-0.2, 0) is 0 Å². The van der Waals surface area contributed by atoms with Gasteiger partial charge in [-0.3, -0.25) is 5.32 Å². The predicted molar refractivity (Wildman–Crippen MR) is 104 cm³/mol. The third kappa shape index (κ3) is 6.31. The first-order valence-electron chi connectivity index (χ1n) is 9.27. The van der Waals surface area contributed by atoms with Crippen LogP contribution in [0.4, 0.5) is 17.6 Å². The van der Waals surface area contributed by atoms with Crippen molar-refractivity contribution in [2.45, 2.75) is 64.1 Å². The second-order valence-electron chi connectivity index (χ2n) is 7.89. The van der Waals surface area contributed by atoms with Gasteiger partial charge in [0.25, 0.3) is 0 Å². The molecule has 0 aliphatic heterocycles. The Kier molecular flexibility index (Phi) is 6.88. The molecule has 0 heterocycles. The normalized spacial score (nSPS) is 15.9. The van der Waals surface area contributed by atoms with Gasteiger partial charge in [-0.2, -0.15) is 13.2 Å². The maximum absolute atomic E-state index is 13.8. The van der Waals surface area contributed by atoms with E-state index >= 15 is 0 Å². The van der Waals surface area contributed by atoms with Gasteiger partial charge < -0.3 is 5.11 Å². The lowest BCUT2D eigenvalue weighted by Crippen LogP contribution is -2.41. The van der Waals surface area contributed by atoms with Gasteiger partial charge in [0.2, 0.25) is 0 Å². The highest BCUT2D eigenvalue weighted by Crippen LogP contribution is 2.35. The third-order valence-corrected chi connectivity index (χ3v) is 4.54. The van der Waals surface area contributed by atoms with Gasteiger partial charge in [0.1, 0.15) is 11.7 Å². The molecule has 0 amide bonds. The first-order chi connectivity index (χ1) is 12.9. The summed E-state index contributed by atoms with van der Waals surface area (Å²) in [6, 6.07) is 10.9. The molecule has 3 unspecified atom stereocenters. The Balaban J connectivity index is 2.21. The largest absolute Gasteiger partial charge is 0.407 e. The average Bonchev–Trinajstić information content (AvgIpc) is 2.57. The summed E-state index contributed by atoms with van der Waals surface area (Å²) in [6.45, 7) is 5.92. The first-order valence-corrected chi connectivity index (χ1v) is 9.27. The summed E-state index contributed by atoms with van der Waals surface area (Å²) < 4.78 is 54.5. The van der Waals surface area contributed by atoms with Crippen molar-refractivity contribution in [2.75, 3.05) is 0 Å². The number of aliphatic hydroxyl groups is 1. The SMILES string of the molecule is CC(CC(C)(C)F)NC(c1ccc(-c2ccc(C(C)O)cc2)cc1)C(F)(F)F. The summed E-state index contributed by atoms with van der Waals surface area (Å²) in [7, 11) is 0. The van der Waals surface area contributed by atoms with Crippen LogP contribution in [0.5, 0.6) is 0 Å². The minimum atomic E-state index is -4.49. The Morgan fingerprint density at radius 2 is 1.25 bits per heavy atom. The number of nitrogens with one attached hydrogen (secondary N) is 1. The van der Waals surface area contributed by atoms with E-state index in [1.807, 2.05) is 12.1 Å². The van der Waals surface area contributed by atoms with Gasteiger partial charge in [0.15, 0.2) is 0 Å². The highest BCUT2D eigenvalue weighted by molar-refractivity contribution is 5.64. The second-order valence-corrected chi connectivity index (χ2v) is 7.89. The van der Waals surface area contributed by atoms with Crippen LogP contribution in [-0.4, -0.2) is 23.0 Å². The van der Waals surface area contributed by atoms with Gasteiger partial charge in [0, 0.05) is 6.04 Å². The van der Waals surface area contributed by atoms with E-state index in [9.17, 15) is 22.7 Å². The highest BCUT2D eigenvalue weighted by atomic mass is 19.4. The molecule has 0 aliphatic carbocycles. The van der Waals surface area contributed by atoms with Crippen LogP contribution in [0.15, 0.2) is 48.5 Å². The summed E-state index contributed by atoms with van der Waals surface area (Å²) in [4.78, 5) is 0. The smallest absolute Gasteiger partial charge is 0.389 e. The van der Waals surface area contributed by atoms with Crippen LogP contribution in [0.25, 0.3) is 11.1 Å². The molecule has 0 aromatic heterocycles. The van der Waals surface area contributed by atoms with E-state index in [-0.39, 0.29) is 12.0 Å². The zero-order valence-corrected chi connectivity index (χ0v) is 16.5. The number of hydrogen-bond acceptors (Lipinski definition) is 2. The van der Waals surface area contributed by atoms with Gasteiger partial charge in [-0.1, -0.05) is 48.5 Å². The topological polar surface area (TPSA) is 32.3 Å². The zero-order chi connectivity index (χ0) is 21.1. The van der Waals surface area contributed by atoms with E-state index < -0.39 is 30.0 Å². The summed E-state index contributed by atoms with van der Waals surface area (Å²) in [5.74, 6) is 0. The molecule has 0 spiro atoms. The third-order valence-electron chi connectivity index (χ3n) is 4.54. The molecule has 6 heteroatoms. The lowest BCUT2D eigenvalue weighted by Gasteiger charge is -2.28. The monoisotopic (exact) mass is 397 g/mol. The molecule has 28 heavy (non-hydrogen) atoms. The number of alkyl halides is 4. The number of halogens is 4. The Morgan fingerprint density at radius 3 is 1.61 bits per heavy atom. The lowest BCUT2D eigenvalue weighted by molar-refractivity contribution is -0.160. The van der Waals surface area contributed by atoms with Crippen molar-refractivity contribution in [3.8, 4) is 11.1 Å². The number of aliphatic hydroxyl groups excluding tert-OH is 1. The van der Waals surface area contributed by atoms with Crippen LogP contribution < -0.4 is 5.32 Å². The fourth-order valence-corrected chi connectivity index (χ4v) is 3.27. The Bertz CT molecular complexity index is 746. The fourth-order valence-electron chi connectivity index (χ4n) is 3.27. The molecule has 0 bridgehead atoms. The molecule has 2 nitrogen and oxygen atoms in total. The van der Waals surface area contributed by atoms with Gasteiger partial charge in [-0.15, -0.1) is 0 Å². The number of rotatable bonds is 7. The Labute approximate surface area is 163 Å². The van der Waals surface area contributed by atoms with Gasteiger partial charge in [-0.25, -0.2) is 4.39 Å². The number of benzene rings is 2.